The summed E-state index contributed by atoms with van der Waals surface area (Å²) in [7, 11) is 1.89. The van der Waals surface area contributed by atoms with Crippen molar-refractivity contribution in [2.24, 2.45) is 0 Å². The summed E-state index contributed by atoms with van der Waals surface area (Å²) in [5.41, 5.74) is 4.76. The Bertz CT molecular complexity index is 1430. The Morgan fingerprint density at radius 2 is 1.84 bits per heavy atom. The van der Waals surface area contributed by atoms with Crippen LogP contribution in [0.5, 0.6) is 5.75 Å². The minimum absolute atomic E-state index is 0.0781. The van der Waals surface area contributed by atoms with E-state index in [4.69, 9.17) is 20.0 Å². The number of piperidine rings is 1. The van der Waals surface area contributed by atoms with Gasteiger partial charge in [0, 0.05) is 20.1 Å². The van der Waals surface area contributed by atoms with Gasteiger partial charge in [0.05, 0.1) is 17.3 Å². The molecule has 2 aromatic rings. The van der Waals surface area contributed by atoms with Crippen molar-refractivity contribution in [3.8, 4) is 5.75 Å². The van der Waals surface area contributed by atoms with Crippen LogP contribution in [-0.4, -0.2) is 52.2 Å². The van der Waals surface area contributed by atoms with Crippen LogP contribution in [0.15, 0.2) is 71.5 Å². The van der Waals surface area contributed by atoms with Crippen molar-refractivity contribution >= 4 is 23.2 Å². The molecule has 8 nitrogen and oxygen atoms in total. The van der Waals surface area contributed by atoms with E-state index in [1.165, 1.54) is 5.57 Å². The molecule has 0 spiro atoms. The molecule has 1 aliphatic carbocycles. The van der Waals surface area contributed by atoms with E-state index in [2.05, 4.69) is 38.2 Å². The van der Waals surface area contributed by atoms with Gasteiger partial charge < -0.3 is 25.1 Å². The number of nitrogens with zero attached hydrogens (tertiary/aromatic N) is 3. The van der Waals surface area contributed by atoms with E-state index >= 15 is 0 Å². The van der Waals surface area contributed by atoms with Gasteiger partial charge in [-0.25, -0.2) is 9.48 Å². The molecule has 1 aromatic heterocycles. The maximum Gasteiger partial charge on any atom is 0.410 e. The molecule has 1 saturated heterocycles. The Labute approximate surface area is 256 Å². The van der Waals surface area contributed by atoms with Crippen LogP contribution in [0.1, 0.15) is 90.9 Å². The summed E-state index contributed by atoms with van der Waals surface area (Å²) >= 11 is 0. The summed E-state index contributed by atoms with van der Waals surface area (Å²) in [5, 5.41) is 17.7. The van der Waals surface area contributed by atoms with Crippen LogP contribution in [0.3, 0.4) is 0 Å². The van der Waals surface area contributed by atoms with Gasteiger partial charge in [-0.15, -0.1) is 0 Å². The van der Waals surface area contributed by atoms with Crippen molar-refractivity contribution in [2.45, 2.75) is 85.3 Å². The highest BCUT2D eigenvalue weighted by Crippen LogP contribution is 2.36. The van der Waals surface area contributed by atoms with Crippen molar-refractivity contribution < 1.29 is 14.3 Å². The third-order valence-corrected chi connectivity index (χ3v) is 7.83. The number of hydrogen-bond donors (Lipinski definition) is 2. The lowest BCUT2D eigenvalue weighted by Gasteiger charge is -2.34. The van der Waals surface area contributed by atoms with E-state index < -0.39 is 5.60 Å². The van der Waals surface area contributed by atoms with Crippen LogP contribution in [0.2, 0.25) is 0 Å². The fourth-order valence-electron chi connectivity index (χ4n) is 5.34. The fraction of sp³-hybridized carbons (Fsp3) is 0.457. The zero-order valence-corrected chi connectivity index (χ0v) is 26.8. The second-order valence-electron chi connectivity index (χ2n) is 12.2. The van der Waals surface area contributed by atoms with Gasteiger partial charge in [-0.2, -0.15) is 5.10 Å². The quantitative estimate of drug-likeness (QED) is 0.289. The van der Waals surface area contributed by atoms with Gasteiger partial charge >= 0.3 is 6.09 Å². The van der Waals surface area contributed by atoms with Crippen LogP contribution < -0.4 is 10.1 Å². The van der Waals surface area contributed by atoms with E-state index in [0.29, 0.717) is 18.8 Å². The molecule has 0 saturated carbocycles. The molecule has 0 radical (unpaired) electrons. The van der Waals surface area contributed by atoms with E-state index in [1.54, 1.807) is 4.90 Å². The Balaban J connectivity index is 1.68. The molecule has 0 atom stereocenters. The number of aromatic nitrogens is 2. The molecule has 4 rings (SSSR count). The second kappa shape index (κ2) is 13.9. The average Bonchev–Trinajstić information content (AvgIpc) is 3.26. The molecule has 1 amide bonds. The number of rotatable bonds is 9. The number of hydrogen-bond acceptors (Lipinski definition) is 6. The minimum Gasteiger partial charge on any atom is -0.457 e. The molecule has 230 valence electrons. The number of amides is 1. The molecule has 0 unspecified atom stereocenters. The standard InChI is InChI=1S/C35H47N5O3/c1-8-24(3)23-29(36)31-32(26-16-15-25(9-2)30(18-17-26)42-28-13-11-10-12-14-28)38-40(33(31)37-7)27-19-21-39(22-20-27)34(41)43-35(4,5)6/h10-14,16-18,23,27,36-37H,8-9,15,19-22H2,1-7H3/b24-23+,36-29?. The van der Waals surface area contributed by atoms with E-state index in [1.807, 2.05) is 75.0 Å². The van der Waals surface area contributed by atoms with Crippen LogP contribution in [0.4, 0.5) is 10.6 Å². The summed E-state index contributed by atoms with van der Waals surface area (Å²) in [6.45, 7) is 13.1. The summed E-state index contributed by atoms with van der Waals surface area (Å²) in [6.07, 6.45) is 11.9. The van der Waals surface area contributed by atoms with Crippen molar-refractivity contribution in [1.29, 1.82) is 5.41 Å². The molecule has 2 aliphatic rings. The number of ether oxygens (including phenoxy) is 2. The van der Waals surface area contributed by atoms with Crippen LogP contribution >= 0.6 is 0 Å². The summed E-state index contributed by atoms with van der Waals surface area (Å²) in [5.74, 6) is 2.47. The van der Waals surface area contributed by atoms with Gasteiger partial charge in [0.15, 0.2) is 0 Å². The third-order valence-electron chi connectivity index (χ3n) is 7.83. The molecule has 2 N–H and O–H groups in total. The van der Waals surface area contributed by atoms with Crippen molar-refractivity contribution in [3.63, 3.8) is 0 Å². The van der Waals surface area contributed by atoms with E-state index in [0.717, 1.165) is 71.8 Å². The largest absolute Gasteiger partial charge is 0.457 e. The van der Waals surface area contributed by atoms with E-state index in [-0.39, 0.29) is 12.1 Å². The molecule has 43 heavy (non-hydrogen) atoms. The first-order chi connectivity index (χ1) is 20.5. The Morgan fingerprint density at radius 3 is 2.44 bits per heavy atom. The second-order valence-corrected chi connectivity index (χ2v) is 12.2. The van der Waals surface area contributed by atoms with Gasteiger partial charge in [-0.05, 0) is 101 Å². The Morgan fingerprint density at radius 1 is 1.14 bits per heavy atom. The molecule has 2 heterocycles. The summed E-state index contributed by atoms with van der Waals surface area (Å²) in [4.78, 5) is 14.5. The molecule has 1 fully saturated rings. The molecular weight excluding hydrogens is 538 g/mol. The van der Waals surface area contributed by atoms with Gasteiger partial charge in [0.25, 0.3) is 0 Å². The number of allylic oxidation sites excluding steroid dienone is 7. The minimum atomic E-state index is -0.526. The van der Waals surface area contributed by atoms with E-state index in [9.17, 15) is 4.79 Å². The van der Waals surface area contributed by atoms with Crippen molar-refractivity contribution in [2.75, 3.05) is 25.5 Å². The molecule has 1 aliphatic heterocycles. The number of carbonyl (C=O) groups excluding carboxylic acids is 1. The number of benzene rings is 1. The predicted octanol–water partition coefficient (Wildman–Crippen LogP) is 8.31. The maximum atomic E-state index is 12.7. The van der Waals surface area contributed by atoms with Gasteiger partial charge in [0.1, 0.15) is 28.6 Å². The molecule has 1 aromatic carbocycles. The van der Waals surface area contributed by atoms with Gasteiger partial charge in [0.2, 0.25) is 0 Å². The lowest BCUT2D eigenvalue weighted by atomic mass is 10.00. The summed E-state index contributed by atoms with van der Waals surface area (Å²) < 4.78 is 13.9. The highest BCUT2D eigenvalue weighted by molar-refractivity contribution is 6.13. The average molecular weight is 586 g/mol. The first kappa shape index (κ1) is 31.9. The highest BCUT2D eigenvalue weighted by Gasteiger charge is 2.31. The maximum absolute atomic E-state index is 12.7. The predicted molar refractivity (Wildman–Crippen MR) is 175 cm³/mol. The lowest BCUT2D eigenvalue weighted by molar-refractivity contribution is 0.0185. The summed E-state index contributed by atoms with van der Waals surface area (Å²) in [6, 6.07) is 9.92. The fourth-order valence-corrected chi connectivity index (χ4v) is 5.34. The normalized spacial score (nSPS) is 16.6. The molecular formula is C35H47N5O3. The van der Waals surface area contributed by atoms with Crippen LogP contribution in [0.25, 0.3) is 5.57 Å². The number of para-hydroxylation sites is 1. The monoisotopic (exact) mass is 585 g/mol. The zero-order valence-electron chi connectivity index (χ0n) is 26.8. The number of carbonyl (C=O) groups is 1. The molecule has 0 bridgehead atoms. The third kappa shape index (κ3) is 7.86. The SMILES string of the molecule is CCC1=C(Oc2ccccc2)C=CC(c2nn(C3CCN(C(=O)OC(C)(C)C)CC3)c(NC)c2C(=N)/C=C(\C)CC)=CC1. The highest BCUT2D eigenvalue weighted by atomic mass is 16.6. The van der Waals surface area contributed by atoms with Crippen molar-refractivity contribution in [1.82, 2.24) is 14.7 Å². The zero-order chi connectivity index (χ0) is 31.1. The van der Waals surface area contributed by atoms with Crippen molar-refractivity contribution in [3.05, 3.63) is 82.8 Å². The first-order valence-corrected chi connectivity index (χ1v) is 15.4. The lowest BCUT2D eigenvalue weighted by Crippen LogP contribution is -2.42. The number of anilines is 1. The molecule has 8 heteroatoms. The van der Waals surface area contributed by atoms with Gasteiger partial charge in [-0.1, -0.05) is 43.7 Å². The van der Waals surface area contributed by atoms with Crippen LogP contribution in [-0.2, 0) is 4.74 Å². The van der Waals surface area contributed by atoms with Crippen LogP contribution in [0, 0.1) is 5.41 Å². The smallest absolute Gasteiger partial charge is 0.410 e. The Kier molecular flexibility index (Phi) is 10.3. The number of likely N-dealkylation sites (tertiary alicyclic amines) is 1. The Hall–Kier alpha value is -4.07. The first-order valence-electron chi connectivity index (χ1n) is 15.4. The number of nitrogens with one attached hydrogen (secondary N) is 2. The topological polar surface area (TPSA) is 92.5 Å². The van der Waals surface area contributed by atoms with Gasteiger partial charge in [-0.3, -0.25) is 0 Å².